The zero-order valence-corrected chi connectivity index (χ0v) is 19.7. The van der Waals surface area contributed by atoms with E-state index in [1.165, 1.54) is 29.1 Å². The third-order valence-corrected chi connectivity index (χ3v) is 6.44. The number of thiazole rings is 1. The molecule has 1 aromatic heterocycles. The minimum absolute atomic E-state index is 0.00792. The number of halogens is 1. The van der Waals surface area contributed by atoms with Crippen molar-refractivity contribution in [2.75, 3.05) is 13.7 Å². The van der Waals surface area contributed by atoms with E-state index in [-0.39, 0.29) is 17.9 Å². The van der Waals surface area contributed by atoms with Crippen molar-refractivity contribution in [1.29, 1.82) is 0 Å². The number of carbonyl (C=O) groups is 1. The van der Waals surface area contributed by atoms with Gasteiger partial charge in [-0.1, -0.05) is 41.1 Å². The van der Waals surface area contributed by atoms with Gasteiger partial charge in [-0.15, -0.1) is 0 Å². The molecule has 2 aromatic carbocycles. The van der Waals surface area contributed by atoms with Gasteiger partial charge in [0, 0.05) is 5.02 Å². The molecule has 0 saturated carbocycles. The number of carbonyl (C=O) groups excluding carboxylic acids is 1. The van der Waals surface area contributed by atoms with Crippen molar-refractivity contribution in [3.63, 3.8) is 0 Å². The van der Waals surface area contributed by atoms with Crippen molar-refractivity contribution >= 4 is 35.0 Å². The molecule has 1 atom stereocenters. The molecule has 1 N–H and O–H groups in total. The first-order valence-electron chi connectivity index (χ1n) is 10.2. The van der Waals surface area contributed by atoms with E-state index < -0.39 is 12.0 Å². The zero-order chi connectivity index (χ0) is 23.7. The van der Waals surface area contributed by atoms with Gasteiger partial charge in [0.25, 0.3) is 5.56 Å². The minimum atomic E-state index is -0.700. The summed E-state index contributed by atoms with van der Waals surface area (Å²) in [5.74, 6) is -0.208. The molecule has 2 heterocycles. The van der Waals surface area contributed by atoms with E-state index >= 15 is 0 Å². The van der Waals surface area contributed by atoms with Crippen LogP contribution >= 0.6 is 22.9 Å². The fraction of sp³-hybridized carbons (Fsp3) is 0.208. The molecule has 7 nitrogen and oxygen atoms in total. The highest BCUT2D eigenvalue weighted by Crippen LogP contribution is 2.31. The van der Waals surface area contributed by atoms with Crippen molar-refractivity contribution in [3.8, 4) is 11.5 Å². The molecular formula is C24H21ClN2O5S. The number of esters is 1. The molecule has 0 unspecified atom stereocenters. The topological polar surface area (TPSA) is 90.1 Å². The van der Waals surface area contributed by atoms with Crippen LogP contribution in [0.4, 0.5) is 0 Å². The Hall–Kier alpha value is -3.36. The Bertz CT molecular complexity index is 1440. The number of rotatable bonds is 5. The highest BCUT2D eigenvalue weighted by atomic mass is 35.5. The van der Waals surface area contributed by atoms with Crippen LogP contribution in [0, 0.1) is 0 Å². The van der Waals surface area contributed by atoms with Crippen molar-refractivity contribution < 1.29 is 19.4 Å². The monoisotopic (exact) mass is 484 g/mol. The second kappa shape index (κ2) is 9.25. The Morgan fingerprint density at radius 3 is 2.67 bits per heavy atom. The molecule has 0 radical (unpaired) electrons. The Labute approximate surface area is 198 Å². The van der Waals surface area contributed by atoms with E-state index in [0.29, 0.717) is 36.9 Å². The van der Waals surface area contributed by atoms with E-state index in [1.54, 1.807) is 56.3 Å². The van der Waals surface area contributed by atoms with Gasteiger partial charge < -0.3 is 14.6 Å². The number of hydrogen-bond acceptors (Lipinski definition) is 7. The number of allylic oxidation sites excluding steroid dienone is 1. The van der Waals surface area contributed by atoms with Gasteiger partial charge in [0.15, 0.2) is 16.3 Å². The fourth-order valence-electron chi connectivity index (χ4n) is 3.69. The predicted molar refractivity (Wildman–Crippen MR) is 127 cm³/mol. The molecule has 170 valence electrons. The van der Waals surface area contributed by atoms with Crippen LogP contribution < -0.4 is 19.6 Å². The van der Waals surface area contributed by atoms with Gasteiger partial charge in [0.1, 0.15) is 0 Å². The summed E-state index contributed by atoms with van der Waals surface area (Å²) >= 11 is 7.29. The summed E-state index contributed by atoms with van der Waals surface area (Å²) in [6, 6.07) is 11.1. The fourth-order valence-corrected chi connectivity index (χ4v) is 4.86. The van der Waals surface area contributed by atoms with Gasteiger partial charge >= 0.3 is 5.97 Å². The second-order valence-corrected chi connectivity index (χ2v) is 8.73. The predicted octanol–water partition coefficient (Wildman–Crippen LogP) is 3.17. The Kier molecular flexibility index (Phi) is 6.40. The molecule has 0 bridgehead atoms. The lowest BCUT2D eigenvalue weighted by Crippen LogP contribution is -2.39. The summed E-state index contributed by atoms with van der Waals surface area (Å²) in [6.45, 7) is 3.67. The van der Waals surface area contributed by atoms with Gasteiger partial charge in [-0.2, -0.15) is 0 Å². The summed E-state index contributed by atoms with van der Waals surface area (Å²) in [4.78, 5) is 31.4. The third kappa shape index (κ3) is 4.31. The number of nitrogens with zero attached hydrogens (tertiary/aromatic N) is 2. The van der Waals surface area contributed by atoms with Crippen molar-refractivity contribution in [1.82, 2.24) is 4.57 Å². The molecule has 33 heavy (non-hydrogen) atoms. The summed E-state index contributed by atoms with van der Waals surface area (Å²) in [6.07, 6.45) is 1.70. The average molecular weight is 485 g/mol. The van der Waals surface area contributed by atoms with E-state index in [4.69, 9.17) is 21.1 Å². The Morgan fingerprint density at radius 1 is 1.27 bits per heavy atom. The lowest BCUT2D eigenvalue weighted by molar-refractivity contribution is -0.139. The molecule has 0 spiro atoms. The lowest BCUT2D eigenvalue weighted by atomic mass is 9.96. The first-order chi connectivity index (χ1) is 15.8. The number of phenolic OH excluding ortho intramolecular Hbond substituents is 1. The average Bonchev–Trinajstić information content (AvgIpc) is 3.09. The van der Waals surface area contributed by atoms with Crippen molar-refractivity contribution in [2.24, 2.45) is 4.99 Å². The molecule has 0 fully saturated rings. The number of ether oxygens (including phenoxy) is 2. The first kappa shape index (κ1) is 22.8. The normalized spacial score (nSPS) is 15.8. The van der Waals surface area contributed by atoms with E-state index in [0.717, 1.165) is 5.56 Å². The molecule has 3 aromatic rings. The summed E-state index contributed by atoms with van der Waals surface area (Å²) in [5.41, 5.74) is 1.91. The molecule has 9 heteroatoms. The molecule has 0 saturated heterocycles. The standard InChI is InChI=1S/C24H21ClN2O5S/c1-4-32-23(30)20-13(2)26-24-27(21(20)15-6-8-16(25)9-7-15)22(29)19(33-24)12-14-5-10-17(28)18(11-14)31-3/h5-12,21,28H,4H2,1-3H3/b19-12-/t21-/m0/s1. The lowest BCUT2D eigenvalue weighted by Gasteiger charge is -2.24. The second-order valence-electron chi connectivity index (χ2n) is 7.29. The number of aromatic hydroxyl groups is 1. The van der Waals surface area contributed by atoms with Crippen LogP contribution in [0.25, 0.3) is 6.08 Å². The number of hydrogen-bond donors (Lipinski definition) is 1. The van der Waals surface area contributed by atoms with Gasteiger partial charge in [-0.25, -0.2) is 9.79 Å². The van der Waals surface area contributed by atoms with E-state index in [2.05, 4.69) is 4.99 Å². The SMILES string of the molecule is CCOC(=O)C1=C(C)N=c2s/c(=C\c3ccc(O)c(OC)c3)c(=O)n2[C@H]1c1ccc(Cl)cc1. The number of methoxy groups -OCH3 is 1. The zero-order valence-electron chi connectivity index (χ0n) is 18.2. The third-order valence-electron chi connectivity index (χ3n) is 5.20. The maximum Gasteiger partial charge on any atom is 0.338 e. The van der Waals surface area contributed by atoms with Gasteiger partial charge in [0.2, 0.25) is 0 Å². The van der Waals surface area contributed by atoms with Gasteiger partial charge in [-0.05, 0) is 55.3 Å². The molecule has 1 aliphatic rings. The van der Waals surface area contributed by atoms with Crippen LogP contribution in [0.1, 0.15) is 31.0 Å². The van der Waals surface area contributed by atoms with Crippen LogP contribution in [0.2, 0.25) is 5.02 Å². The van der Waals surface area contributed by atoms with Crippen LogP contribution in [-0.4, -0.2) is 29.4 Å². The van der Waals surface area contributed by atoms with Crippen LogP contribution in [0.5, 0.6) is 11.5 Å². The van der Waals surface area contributed by atoms with E-state index in [9.17, 15) is 14.7 Å². The van der Waals surface area contributed by atoms with E-state index in [1.807, 2.05) is 0 Å². The van der Waals surface area contributed by atoms with Crippen molar-refractivity contribution in [2.45, 2.75) is 19.9 Å². The van der Waals surface area contributed by atoms with Crippen LogP contribution in [0.15, 0.2) is 63.5 Å². The minimum Gasteiger partial charge on any atom is -0.504 e. The smallest absolute Gasteiger partial charge is 0.338 e. The maximum absolute atomic E-state index is 13.5. The maximum atomic E-state index is 13.5. The highest BCUT2D eigenvalue weighted by molar-refractivity contribution is 7.07. The number of aromatic nitrogens is 1. The summed E-state index contributed by atoms with van der Waals surface area (Å²) < 4.78 is 12.4. The summed E-state index contributed by atoms with van der Waals surface area (Å²) in [7, 11) is 1.46. The van der Waals surface area contributed by atoms with Crippen LogP contribution in [0.3, 0.4) is 0 Å². The number of phenols is 1. The van der Waals surface area contributed by atoms with Crippen molar-refractivity contribution in [3.05, 3.63) is 89.6 Å². The molecule has 4 rings (SSSR count). The number of benzene rings is 2. The first-order valence-corrected chi connectivity index (χ1v) is 11.4. The highest BCUT2D eigenvalue weighted by Gasteiger charge is 2.33. The quantitative estimate of drug-likeness (QED) is 0.562. The number of fused-ring (bicyclic) bond motifs is 1. The summed E-state index contributed by atoms with van der Waals surface area (Å²) in [5, 5.41) is 10.4. The van der Waals surface area contributed by atoms with Gasteiger partial charge in [0.05, 0.1) is 35.6 Å². The molecule has 0 aliphatic carbocycles. The Balaban J connectivity index is 1.94. The largest absolute Gasteiger partial charge is 0.504 e. The molecule has 0 amide bonds. The van der Waals surface area contributed by atoms with Gasteiger partial charge in [-0.3, -0.25) is 9.36 Å². The molecular weight excluding hydrogens is 464 g/mol. The van der Waals surface area contributed by atoms with Crippen LogP contribution in [-0.2, 0) is 9.53 Å². The Morgan fingerprint density at radius 2 is 2.00 bits per heavy atom. The molecule has 1 aliphatic heterocycles.